The summed E-state index contributed by atoms with van der Waals surface area (Å²) in [5.74, 6) is -1.69. The summed E-state index contributed by atoms with van der Waals surface area (Å²) in [6.07, 6.45) is 2.03. The van der Waals surface area contributed by atoms with E-state index in [2.05, 4.69) is 15.4 Å². The molecule has 0 aliphatic carbocycles. The summed E-state index contributed by atoms with van der Waals surface area (Å²) < 4.78 is 4.46. The number of amides is 1. The number of thioether (sulfide) groups is 1. The monoisotopic (exact) mass is 318 g/mol. The van der Waals surface area contributed by atoms with E-state index < -0.39 is 18.0 Å². The number of aliphatic carboxylic acids is 1. The zero-order chi connectivity index (χ0) is 15.7. The van der Waals surface area contributed by atoms with Gasteiger partial charge in [-0.05, 0) is 32.4 Å². The van der Waals surface area contributed by atoms with Crippen LogP contribution in [-0.2, 0) is 19.1 Å². The molecule has 1 heterocycles. The number of carboxylic acid groups (broad SMARTS) is 1. The molecule has 1 rings (SSSR count). The zero-order valence-electron chi connectivity index (χ0n) is 12.1. The van der Waals surface area contributed by atoms with Crippen LogP contribution in [0.3, 0.4) is 0 Å². The lowest BCUT2D eigenvalue weighted by Crippen LogP contribution is -2.42. The summed E-state index contributed by atoms with van der Waals surface area (Å²) in [6, 6.07) is -1.05. The molecule has 1 aliphatic rings. The van der Waals surface area contributed by atoms with E-state index in [0.29, 0.717) is 5.25 Å². The van der Waals surface area contributed by atoms with E-state index in [0.717, 1.165) is 25.9 Å². The van der Waals surface area contributed by atoms with Gasteiger partial charge >= 0.3 is 11.9 Å². The lowest BCUT2D eigenvalue weighted by atomic mass is 10.1. The first-order valence-corrected chi connectivity index (χ1v) is 7.99. The van der Waals surface area contributed by atoms with E-state index in [1.165, 1.54) is 7.11 Å². The maximum Gasteiger partial charge on any atom is 0.326 e. The summed E-state index contributed by atoms with van der Waals surface area (Å²) in [5, 5.41) is 15.2. The Labute approximate surface area is 128 Å². The lowest BCUT2D eigenvalue weighted by Gasteiger charge is -2.22. The second-order valence-electron chi connectivity index (χ2n) is 4.83. The van der Waals surface area contributed by atoms with E-state index >= 15 is 0 Å². The van der Waals surface area contributed by atoms with Crippen LogP contribution >= 0.6 is 11.8 Å². The van der Waals surface area contributed by atoms with Gasteiger partial charge in [0.05, 0.1) is 12.9 Å². The van der Waals surface area contributed by atoms with E-state index in [1.807, 2.05) is 0 Å². The van der Waals surface area contributed by atoms with Crippen molar-refractivity contribution in [2.75, 3.05) is 26.0 Å². The van der Waals surface area contributed by atoms with Crippen molar-refractivity contribution in [1.82, 2.24) is 10.6 Å². The molecular weight excluding hydrogens is 296 g/mol. The Morgan fingerprint density at radius 2 is 2.05 bits per heavy atom. The average Bonchev–Trinajstić information content (AvgIpc) is 2.49. The van der Waals surface area contributed by atoms with Crippen molar-refractivity contribution in [3.05, 3.63) is 0 Å². The number of hydrogen-bond donors (Lipinski definition) is 3. The summed E-state index contributed by atoms with van der Waals surface area (Å²) in [7, 11) is 1.24. The van der Waals surface area contributed by atoms with Crippen molar-refractivity contribution >= 4 is 29.6 Å². The van der Waals surface area contributed by atoms with Crippen LogP contribution in [0.5, 0.6) is 0 Å². The first-order valence-electron chi connectivity index (χ1n) is 6.94. The summed E-state index contributed by atoms with van der Waals surface area (Å²) in [6.45, 7) is 1.91. The smallest absolute Gasteiger partial charge is 0.326 e. The maximum absolute atomic E-state index is 11.8. The minimum Gasteiger partial charge on any atom is -0.480 e. The van der Waals surface area contributed by atoms with Gasteiger partial charge in [0.2, 0.25) is 5.91 Å². The van der Waals surface area contributed by atoms with Crippen LogP contribution in [0.4, 0.5) is 0 Å². The molecule has 0 saturated carbocycles. The molecule has 1 amide bonds. The number of piperidine rings is 1. The van der Waals surface area contributed by atoms with E-state index in [1.54, 1.807) is 11.8 Å². The van der Waals surface area contributed by atoms with Gasteiger partial charge in [-0.1, -0.05) is 0 Å². The van der Waals surface area contributed by atoms with Gasteiger partial charge in [0, 0.05) is 11.7 Å². The van der Waals surface area contributed by atoms with Crippen molar-refractivity contribution in [2.24, 2.45) is 0 Å². The summed E-state index contributed by atoms with van der Waals surface area (Å²) in [4.78, 5) is 33.9. The van der Waals surface area contributed by atoms with E-state index in [4.69, 9.17) is 5.11 Å². The number of hydrogen-bond acceptors (Lipinski definition) is 6. The van der Waals surface area contributed by atoms with Gasteiger partial charge in [-0.25, -0.2) is 4.79 Å². The van der Waals surface area contributed by atoms with Crippen LogP contribution in [0, 0.1) is 0 Å². The Morgan fingerprint density at radius 1 is 1.38 bits per heavy atom. The quantitative estimate of drug-likeness (QED) is 0.541. The number of carbonyl (C=O) groups is 3. The van der Waals surface area contributed by atoms with Crippen LogP contribution in [0.2, 0.25) is 0 Å². The molecule has 0 aromatic carbocycles. The molecule has 3 N–H and O–H groups in total. The average molecular weight is 318 g/mol. The SMILES string of the molecule is COC(=O)CC[C@H](NC(=O)CSC1CCNCC1)C(=O)O. The van der Waals surface area contributed by atoms with Gasteiger partial charge in [-0.3, -0.25) is 9.59 Å². The molecule has 21 heavy (non-hydrogen) atoms. The van der Waals surface area contributed by atoms with E-state index in [-0.39, 0.29) is 24.5 Å². The topological polar surface area (TPSA) is 105 Å². The van der Waals surface area contributed by atoms with E-state index in [9.17, 15) is 14.4 Å². The largest absolute Gasteiger partial charge is 0.480 e. The van der Waals surface area contributed by atoms with Gasteiger partial charge < -0.3 is 20.5 Å². The van der Waals surface area contributed by atoms with Gasteiger partial charge in [0.25, 0.3) is 0 Å². The number of rotatable bonds is 8. The van der Waals surface area contributed by atoms with Crippen LogP contribution in [-0.4, -0.2) is 60.2 Å². The standard InChI is InChI=1S/C13H22N2O5S/c1-20-12(17)3-2-10(13(18)19)15-11(16)8-21-9-4-6-14-7-5-9/h9-10,14H,2-8H2,1H3,(H,15,16)(H,18,19)/t10-/m0/s1. The van der Waals surface area contributed by atoms with Crippen molar-refractivity contribution in [3.8, 4) is 0 Å². The molecule has 0 radical (unpaired) electrons. The fourth-order valence-electron chi connectivity index (χ4n) is 2.01. The minimum absolute atomic E-state index is 0.0326. The van der Waals surface area contributed by atoms with Crippen molar-refractivity contribution in [1.29, 1.82) is 0 Å². The molecule has 1 fully saturated rings. The van der Waals surface area contributed by atoms with Crippen molar-refractivity contribution in [3.63, 3.8) is 0 Å². The molecule has 1 aliphatic heterocycles. The van der Waals surface area contributed by atoms with Crippen LogP contribution in [0.15, 0.2) is 0 Å². The molecule has 1 saturated heterocycles. The lowest BCUT2D eigenvalue weighted by molar-refractivity contribution is -0.143. The fourth-order valence-corrected chi connectivity index (χ4v) is 3.05. The highest BCUT2D eigenvalue weighted by Crippen LogP contribution is 2.19. The van der Waals surface area contributed by atoms with Crippen LogP contribution in [0.25, 0.3) is 0 Å². The second kappa shape index (κ2) is 9.62. The molecule has 0 aromatic rings. The molecule has 8 heteroatoms. The second-order valence-corrected chi connectivity index (χ2v) is 6.12. The molecule has 0 unspecified atom stereocenters. The van der Waals surface area contributed by atoms with Crippen molar-refractivity contribution < 1.29 is 24.2 Å². The highest BCUT2D eigenvalue weighted by atomic mass is 32.2. The molecule has 0 aromatic heterocycles. The van der Waals surface area contributed by atoms with Gasteiger partial charge in [-0.2, -0.15) is 0 Å². The number of esters is 1. The highest BCUT2D eigenvalue weighted by molar-refractivity contribution is 8.00. The Hall–Kier alpha value is -1.28. The van der Waals surface area contributed by atoms with Gasteiger partial charge in [0.1, 0.15) is 6.04 Å². The van der Waals surface area contributed by atoms with Crippen LogP contribution < -0.4 is 10.6 Å². The number of nitrogens with one attached hydrogen (secondary N) is 2. The van der Waals surface area contributed by atoms with Crippen LogP contribution in [0.1, 0.15) is 25.7 Å². The summed E-state index contributed by atoms with van der Waals surface area (Å²) >= 11 is 1.55. The Morgan fingerprint density at radius 3 is 2.62 bits per heavy atom. The third-order valence-corrected chi connectivity index (χ3v) is 4.61. The third kappa shape index (κ3) is 7.33. The number of carbonyl (C=O) groups excluding carboxylic acids is 2. The molecule has 120 valence electrons. The Balaban J connectivity index is 2.30. The number of methoxy groups -OCH3 is 1. The Kier molecular flexibility index (Phi) is 8.14. The fraction of sp³-hybridized carbons (Fsp3) is 0.769. The normalized spacial score (nSPS) is 17.0. The molecule has 1 atom stereocenters. The van der Waals surface area contributed by atoms with Crippen molar-refractivity contribution in [2.45, 2.75) is 37.0 Å². The molecule has 0 bridgehead atoms. The zero-order valence-corrected chi connectivity index (χ0v) is 12.9. The molecule has 7 nitrogen and oxygen atoms in total. The highest BCUT2D eigenvalue weighted by Gasteiger charge is 2.22. The molecule has 0 spiro atoms. The minimum atomic E-state index is -1.14. The van der Waals surface area contributed by atoms with Gasteiger partial charge in [-0.15, -0.1) is 11.8 Å². The first-order chi connectivity index (χ1) is 10.0. The predicted octanol–water partition coefficient (Wildman–Crippen LogP) is -0.00580. The van der Waals surface area contributed by atoms with Gasteiger partial charge in [0.15, 0.2) is 0 Å². The molecular formula is C13H22N2O5S. The predicted molar refractivity (Wildman–Crippen MR) is 79.2 cm³/mol. The number of carboxylic acids is 1. The third-order valence-electron chi connectivity index (χ3n) is 3.23. The maximum atomic E-state index is 11.8. The first kappa shape index (κ1) is 17.8. The Bertz CT molecular complexity index is 372. The number of ether oxygens (including phenoxy) is 1. The summed E-state index contributed by atoms with van der Waals surface area (Å²) in [5.41, 5.74) is 0.